The van der Waals surface area contributed by atoms with E-state index in [0.717, 1.165) is 37.3 Å². The Morgan fingerprint density at radius 3 is 2.66 bits per heavy atom. The quantitative estimate of drug-likeness (QED) is 0.384. The number of hydrogen-bond acceptors (Lipinski definition) is 6. The normalized spacial score (nSPS) is 15.8. The van der Waals surface area contributed by atoms with Crippen LogP contribution in [0.5, 0.6) is 0 Å². The Kier molecular flexibility index (Phi) is 11.3. The first-order chi connectivity index (χ1) is 17.0. The molecule has 0 spiro atoms. The van der Waals surface area contributed by atoms with Crippen molar-refractivity contribution >= 4 is 35.7 Å². The van der Waals surface area contributed by atoms with Crippen LogP contribution >= 0.6 is 0 Å². The summed E-state index contributed by atoms with van der Waals surface area (Å²) in [6, 6.07) is 1.96. The molecule has 2 N–H and O–H groups in total. The standard InChI is InChI=1S/C24H33N7O2.C2H6/c1-6-19(10-9-17(4)33-5)31-22(15-21(29-31)18-11-13-25-14-12-18)28-24(32)20-16-27-30(8-3)23(20)26-7-2;1-2/h6-10,15-18,25H,3,11-14H2,1-2,4-5H3,(H,28,32);1-2H3/b10-9-,19-6+,26-7-;. The van der Waals surface area contributed by atoms with Crippen molar-refractivity contribution < 1.29 is 9.53 Å². The van der Waals surface area contributed by atoms with E-state index < -0.39 is 0 Å². The Morgan fingerprint density at radius 2 is 2.06 bits per heavy atom. The zero-order valence-electron chi connectivity index (χ0n) is 21.8. The average molecular weight is 482 g/mol. The van der Waals surface area contributed by atoms with Crippen LogP contribution in [0.15, 0.2) is 42.1 Å². The fraction of sp³-hybridized carbons (Fsp3) is 0.462. The van der Waals surface area contributed by atoms with Crippen molar-refractivity contribution in [3.63, 3.8) is 0 Å². The molecule has 1 atom stereocenters. The van der Waals surface area contributed by atoms with Crippen molar-refractivity contribution in [1.29, 1.82) is 0 Å². The van der Waals surface area contributed by atoms with Crippen molar-refractivity contribution in [3.05, 3.63) is 48.3 Å². The first-order valence-corrected chi connectivity index (χ1v) is 12.2. The van der Waals surface area contributed by atoms with Gasteiger partial charge in [-0.05, 0) is 52.8 Å². The van der Waals surface area contributed by atoms with E-state index in [-0.39, 0.29) is 12.0 Å². The first kappa shape index (κ1) is 27.9. The number of nitrogens with one attached hydrogen (secondary N) is 2. The Morgan fingerprint density at radius 1 is 1.34 bits per heavy atom. The summed E-state index contributed by atoms with van der Waals surface area (Å²) in [5.41, 5.74) is 2.16. The Hall–Kier alpha value is -3.30. The maximum absolute atomic E-state index is 13.2. The van der Waals surface area contributed by atoms with E-state index in [1.165, 1.54) is 17.1 Å². The minimum absolute atomic E-state index is 0.0448. The van der Waals surface area contributed by atoms with Crippen LogP contribution < -0.4 is 10.6 Å². The lowest BCUT2D eigenvalue weighted by molar-refractivity contribution is 0.102. The van der Waals surface area contributed by atoms with Crippen molar-refractivity contribution in [2.24, 2.45) is 4.99 Å². The largest absolute Gasteiger partial charge is 0.378 e. The summed E-state index contributed by atoms with van der Waals surface area (Å²) in [5, 5.41) is 15.5. The van der Waals surface area contributed by atoms with Gasteiger partial charge in [-0.2, -0.15) is 10.2 Å². The van der Waals surface area contributed by atoms with Crippen molar-refractivity contribution in [2.75, 3.05) is 25.5 Å². The molecule has 0 bridgehead atoms. The molecule has 9 nitrogen and oxygen atoms in total. The molecule has 0 aliphatic carbocycles. The highest BCUT2D eigenvalue weighted by Gasteiger charge is 2.23. The number of carbonyl (C=O) groups excluding carboxylic acids is 1. The Bertz CT molecular complexity index is 1060. The lowest BCUT2D eigenvalue weighted by Crippen LogP contribution is -2.26. The number of nitrogens with zero attached hydrogens (tertiary/aromatic N) is 5. The number of hydrogen-bond donors (Lipinski definition) is 2. The maximum atomic E-state index is 13.2. The van der Waals surface area contributed by atoms with Crippen LogP contribution in [0.1, 0.15) is 69.4 Å². The molecule has 35 heavy (non-hydrogen) atoms. The van der Waals surface area contributed by atoms with Crippen LogP contribution in [0, 0.1) is 0 Å². The van der Waals surface area contributed by atoms with Crippen molar-refractivity contribution in [1.82, 2.24) is 24.9 Å². The van der Waals surface area contributed by atoms with Gasteiger partial charge in [0.25, 0.3) is 5.91 Å². The zero-order chi connectivity index (χ0) is 25.8. The molecule has 2 aromatic heterocycles. The van der Waals surface area contributed by atoms with Gasteiger partial charge in [-0.1, -0.05) is 32.6 Å². The Labute approximate surface area is 208 Å². The highest BCUT2D eigenvalue weighted by atomic mass is 16.5. The summed E-state index contributed by atoms with van der Waals surface area (Å²) in [7, 11) is 1.67. The van der Waals surface area contributed by atoms with Gasteiger partial charge in [-0.3, -0.25) is 4.79 Å². The predicted molar refractivity (Wildman–Crippen MR) is 144 cm³/mol. The van der Waals surface area contributed by atoms with Gasteiger partial charge in [0.15, 0.2) is 5.82 Å². The summed E-state index contributed by atoms with van der Waals surface area (Å²) in [4.78, 5) is 17.5. The van der Waals surface area contributed by atoms with E-state index in [1.807, 2.05) is 52.0 Å². The molecule has 0 saturated carbocycles. The molecule has 1 aliphatic rings. The summed E-state index contributed by atoms with van der Waals surface area (Å²) in [6.45, 7) is 15.3. The molecule has 1 unspecified atom stereocenters. The van der Waals surface area contributed by atoms with Crippen LogP contribution in [-0.2, 0) is 4.74 Å². The molecule has 2 aromatic rings. The van der Waals surface area contributed by atoms with Gasteiger partial charge in [0.05, 0.1) is 23.7 Å². The molecular weight excluding hydrogens is 442 g/mol. The number of methoxy groups -OCH3 is 1. The molecule has 3 heterocycles. The van der Waals surface area contributed by atoms with Gasteiger partial charge in [0, 0.05) is 31.5 Å². The van der Waals surface area contributed by atoms with E-state index in [1.54, 1.807) is 24.9 Å². The lowest BCUT2D eigenvalue weighted by Gasteiger charge is -2.20. The van der Waals surface area contributed by atoms with Crippen molar-refractivity contribution in [3.8, 4) is 0 Å². The minimum atomic E-state index is -0.314. The van der Waals surface area contributed by atoms with Crippen molar-refractivity contribution in [2.45, 2.75) is 59.5 Å². The smallest absolute Gasteiger partial charge is 0.262 e. The minimum Gasteiger partial charge on any atom is -0.378 e. The summed E-state index contributed by atoms with van der Waals surface area (Å²) in [6.07, 6.45) is 12.4. The number of allylic oxidation sites excluding steroid dienone is 3. The van der Waals surface area contributed by atoms with E-state index in [2.05, 4.69) is 27.3 Å². The predicted octanol–water partition coefficient (Wildman–Crippen LogP) is 5.10. The Balaban J connectivity index is 0.00000210. The third-order valence-electron chi connectivity index (χ3n) is 5.62. The third-order valence-corrected chi connectivity index (χ3v) is 5.62. The number of aromatic nitrogens is 4. The highest BCUT2D eigenvalue weighted by Crippen LogP contribution is 2.29. The molecule has 1 saturated heterocycles. The van der Waals surface area contributed by atoms with Gasteiger partial charge < -0.3 is 15.4 Å². The SMILES string of the molecule is C=Cn1ncc(C(=O)Nc2cc(C3CCNCC3)nn2C(/C=C\C(C)OC)=C/C)c1/N=C\C.CC. The van der Waals surface area contributed by atoms with Crippen LogP contribution in [-0.4, -0.2) is 58.0 Å². The molecule has 0 aromatic carbocycles. The maximum Gasteiger partial charge on any atom is 0.262 e. The van der Waals surface area contributed by atoms with E-state index in [9.17, 15) is 4.79 Å². The van der Waals surface area contributed by atoms with E-state index in [4.69, 9.17) is 9.84 Å². The number of carbonyl (C=O) groups is 1. The van der Waals surface area contributed by atoms with E-state index in [0.29, 0.717) is 23.1 Å². The summed E-state index contributed by atoms with van der Waals surface area (Å²) >= 11 is 0. The second-order valence-electron chi connectivity index (χ2n) is 7.75. The van der Waals surface area contributed by atoms with Crippen LogP contribution in [0.25, 0.3) is 11.9 Å². The zero-order valence-corrected chi connectivity index (χ0v) is 21.8. The number of piperidine rings is 1. The number of aliphatic imine (C=N–C) groups is 1. The second-order valence-corrected chi connectivity index (χ2v) is 7.75. The molecule has 1 aliphatic heterocycles. The van der Waals surface area contributed by atoms with Crippen LogP contribution in [0.2, 0.25) is 0 Å². The summed E-state index contributed by atoms with van der Waals surface area (Å²) < 4.78 is 8.58. The molecule has 9 heteroatoms. The fourth-order valence-corrected chi connectivity index (χ4v) is 3.69. The van der Waals surface area contributed by atoms with Gasteiger partial charge >= 0.3 is 0 Å². The van der Waals surface area contributed by atoms with Gasteiger partial charge in [-0.15, -0.1) is 0 Å². The van der Waals surface area contributed by atoms with E-state index >= 15 is 0 Å². The topological polar surface area (TPSA) is 98.4 Å². The number of anilines is 1. The van der Waals surface area contributed by atoms with Gasteiger partial charge in [-0.25, -0.2) is 14.4 Å². The molecule has 0 radical (unpaired) electrons. The molecule has 1 fully saturated rings. The number of ether oxygens (including phenoxy) is 1. The molecule has 1 amide bonds. The summed E-state index contributed by atoms with van der Waals surface area (Å²) in [5.74, 6) is 1.04. The van der Waals surface area contributed by atoms with Gasteiger partial charge in [0.2, 0.25) is 0 Å². The molecular formula is C26H39N7O2. The highest BCUT2D eigenvalue weighted by molar-refractivity contribution is 6.07. The first-order valence-electron chi connectivity index (χ1n) is 12.2. The van der Waals surface area contributed by atoms with Gasteiger partial charge in [0.1, 0.15) is 11.4 Å². The third kappa shape index (κ3) is 7.10. The molecule has 190 valence electrons. The molecule has 3 rings (SSSR count). The fourth-order valence-electron chi connectivity index (χ4n) is 3.69. The van der Waals surface area contributed by atoms with Crippen LogP contribution in [0.3, 0.4) is 0 Å². The number of rotatable bonds is 9. The van der Waals surface area contributed by atoms with Crippen LogP contribution in [0.4, 0.5) is 11.6 Å². The second kappa shape index (κ2) is 14.2. The number of amides is 1. The average Bonchev–Trinajstić information content (AvgIpc) is 3.50. The lowest BCUT2D eigenvalue weighted by atomic mass is 9.95. The monoisotopic (exact) mass is 481 g/mol.